The number of hydrogen-bond acceptors (Lipinski definition) is 4. The highest BCUT2D eigenvalue weighted by Crippen LogP contribution is 2.38. The van der Waals surface area contributed by atoms with E-state index in [0.717, 1.165) is 36.6 Å². The minimum absolute atomic E-state index is 0.720. The standard InChI is InChI=1S/C14H22N4/c1-15-8-12-9-16-10-14(17-12)18-7-3-5-11-4-2-6-13(11)18/h9-11,13,15H,2-8H2,1H3. The monoisotopic (exact) mass is 246 g/mol. The fourth-order valence-corrected chi connectivity index (χ4v) is 3.54. The fourth-order valence-electron chi connectivity index (χ4n) is 3.54. The number of nitrogens with zero attached hydrogens (tertiary/aromatic N) is 3. The Kier molecular flexibility index (Phi) is 3.46. The van der Waals surface area contributed by atoms with E-state index in [9.17, 15) is 0 Å². The van der Waals surface area contributed by atoms with E-state index in [1.807, 2.05) is 19.4 Å². The second-order valence-electron chi connectivity index (χ2n) is 5.49. The second-order valence-corrected chi connectivity index (χ2v) is 5.49. The maximum atomic E-state index is 4.75. The summed E-state index contributed by atoms with van der Waals surface area (Å²) in [7, 11) is 1.95. The van der Waals surface area contributed by atoms with Gasteiger partial charge in [-0.3, -0.25) is 4.98 Å². The molecule has 1 saturated carbocycles. The maximum Gasteiger partial charge on any atom is 0.147 e. The van der Waals surface area contributed by atoms with Crippen LogP contribution < -0.4 is 10.2 Å². The highest BCUT2D eigenvalue weighted by molar-refractivity contribution is 5.39. The Morgan fingerprint density at radius 1 is 1.28 bits per heavy atom. The molecule has 0 aromatic carbocycles. The molecule has 4 heteroatoms. The predicted octanol–water partition coefficient (Wildman–Crippen LogP) is 1.96. The third kappa shape index (κ3) is 2.21. The summed E-state index contributed by atoms with van der Waals surface area (Å²) in [6.45, 7) is 1.95. The van der Waals surface area contributed by atoms with Crippen molar-refractivity contribution in [2.75, 3.05) is 18.5 Å². The van der Waals surface area contributed by atoms with Crippen LogP contribution in [0.1, 0.15) is 37.8 Å². The quantitative estimate of drug-likeness (QED) is 0.885. The maximum absolute atomic E-state index is 4.75. The summed E-state index contributed by atoms with van der Waals surface area (Å²) in [5.74, 6) is 1.98. The lowest BCUT2D eigenvalue weighted by molar-refractivity contribution is 0.360. The Balaban J connectivity index is 1.82. The molecular formula is C14H22N4. The number of nitrogens with one attached hydrogen (secondary N) is 1. The van der Waals surface area contributed by atoms with Gasteiger partial charge in [-0.25, -0.2) is 4.98 Å². The first-order valence-corrected chi connectivity index (χ1v) is 7.10. The van der Waals surface area contributed by atoms with Crippen LogP contribution in [0.2, 0.25) is 0 Å². The zero-order valence-electron chi connectivity index (χ0n) is 11.1. The highest BCUT2D eigenvalue weighted by Gasteiger charge is 2.35. The Morgan fingerprint density at radius 3 is 3.06 bits per heavy atom. The summed E-state index contributed by atoms with van der Waals surface area (Å²) in [6, 6.07) is 0.720. The van der Waals surface area contributed by atoms with Gasteiger partial charge < -0.3 is 10.2 Å². The van der Waals surface area contributed by atoms with Crippen molar-refractivity contribution in [3.63, 3.8) is 0 Å². The molecule has 2 unspecified atom stereocenters. The van der Waals surface area contributed by atoms with Crippen molar-refractivity contribution < 1.29 is 0 Å². The first-order valence-electron chi connectivity index (χ1n) is 7.10. The number of rotatable bonds is 3. The number of fused-ring (bicyclic) bond motifs is 1. The molecule has 2 fully saturated rings. The molecule has 0 spiro atoms. The van der Waals surface area contributed by atoms with Gasteiger partial charge in [0, 0.05) is 25.3 Å². The van der Waals surface area contributed by atoms with Crippen molar-refractivity contribution in [2.24, 2.45) is 5.92 Å². The van der Waals surface area contributed by atoms with Crippen LogP contribution in [0.25, 0.3) is 0 Å². The molecule has 98 valence electrons. The van der Waals surface area contributed by atoms with Gasteiger partial charge >= 0.3 is 0 Å². The topological polar surface area (TPSA) is 41.1 Å². The minimum Gasteiger partial charge on any atom is -0.352 e. The van der Waals surface area contributed by atoms with Gasteiger partial charge in [0.05, 0.1) is 11.9 Å². The molecule has 4 nitrogen and oxygen atoms in total. The van der Waals surface area contributed by atoms with Gasteiger partial charge in [0.1, 0.15) is 5.82 Å². The third-order valence-corrected chi connectivity index (χ3v) is 4.32. The van der Waals surface area contributed by atoms with Crippen molar-refractivity contribution in [2.45, 2.75) is 44.7 Å². The van der Waals surface area contributed by atoms with Gasteiger partial charge in [-0.05, 0) is 38.6 Å². The summed E-state index contributed by atoms with van der Waals surface area (Å²) < 4.78 is 0. The van der Waals surface area contributed by atoms with E-state index in [2.05, 4.69) is 15.2 Å². The molecule has 2 atom stereocenters. The van der Waals surface area contributed by atoms with Crippen molar-refractivity contribution >= 4 is 5.82 Å². The summed E-state index contributed by atoms with van der Waals surface area (Å²) >= 11 is 0. The van der Waals surface area contributed by atoms with Crippen molar-refractivity contribution in [3.8, 4) is 0 Å². The van der Waals surface area contributed by atoms with Gasteiger partial charge in [-0.2, -0.15) is 0 Å². The SMILES string of the molecule is CNCc1cncc(N2CCCC3CCCC32)n1. The summed E-state index contributed by atoms with van der Waals surface area (Å²) in [4.78, 5) is 11.6. The van der Waals surface area contributed by atoms with Crippen LogP contribution in [0.3, 0.4) is 0 Å². The third-order valence-electron chi connectivity index (χ3n) is 4.32. The highest BCUT2D eigenvalue weighted by atomic mass is 15.2. The molecule has 0 amide bonds. The van der Waals surface area contributed by atoms with Crippen molar-refractivity contribution in [1.29, 1.82) is 0 Å². The van der Waals surface area contributed by atoms with Gasteiger partial charge in [-0.1, -0.05) is 6.42 Å². The Labute approximate surface area is 109 Å². The fraction of sp³-hybridized carbons (Fsp3) is 0.714. The molecular weight excluding hydrogens is 224 g/mol. The first kappa shape index (κ1) is 11.9. The van der Waals surface area contributed by atoms with Crippen LogP contribution in [-0.4, -0.2) is 29.6 Å². The number of anilines is 1. The molecule has 1 N–H and O–H groups in total. The smallest absolute Gasteiger partial charge is 0.147 e. The van der Waals surface area contributed by atoms with Crippen LogP contribution in [0.4, 0.5) is 5.82 Å². The molecule has 1 aliphatic carbocycles. The normalized spacial score (nSPS) is 27.3. The van der Waals surface area contributed by atoms with E-state index in [-0.39, 0.29) is 0 Å². The molecule has 2 aliphatic rings. The molecule has 3 rings (SSSR count). The average Bonchev–Trinajstić information content (AvgIpc) is 2.87. The van der Waals surface area contributed by atoms with E-state index in [0.29, 0.717) is 0 Å². The largest absolute Gasteiger partial charge is 0.352 e. The van der Waals surface area contributed by atoms with Crippen LogP contribution >= 0.6 is 0 Å². The second kappa shape index (κ2) is 5.22. The van der Waals surface area contributed by atoms with E-state index < -0.39 is 0 Å². The predicted molar refractivity (Wildman–Crippen MR) is 72.5 cm³/mol. The lowest BCUT2D eigenvalue weighted by Gasteiger charge is -2.38. The van der Waals surface area contributed by atoms with Gasteiger partial charge in [-0.15, -0.1) is 0 Å². The lowest BCUT2D eigenvalue weighted by Crippen LogP contribution is -2.43. The molecule has 1 aliphatic heterocycles. The van der Waals surface area contributed by atoms with Crippen LogP contribution in [0, 0.1) is 5.92 Å². The number of aromatic nitrogens is 2. The summed E-state index contributed by atoms with van der Waals surface area (Å²) in [5.41, 5.74) is 1.04. The first-order chi connectivity index (χ1) is 8.88. The van der Waals surface area contributed by atoms with Crippen LogP contribution in [0.5, 0.6) is 0 Å². The van der Waals surface area contributed by atoms with Crippen molar-refractivity contribution in [3.05, 3.63) is 18.1 Å². The number of hydrogen-bond donors (Lipinski definition) is 1. The van der Waals surface area contributed by atoms with Crippen LogP contribution in [-0.2, 0) is 6.54 Å². The molecule has 0 bridgehead atoms. The molecule has 0 radical (unpaired) electrons. The van der Waals surface area contributed by atoms with Gasteiger partial charge in [0.25, 0.3) is 0 Å². The summed E-state index contributed by atoms with van der Waals surface area (Å²) in [5, 5.41) is 3.14. The molecule has 1 aromatic heterocycles. The molecule has 18 heavy (non-hydrogen) atoms. The molecule has 1 aromatic rings. The minimum atomic E-state index is 0.720. The van der Waals surface area contributed by atoms with E-state index >= 15 is 0 Å². The van der Waals surface area contributed by atoms with Gasteiger partial charge in [0.2, 0.25) is 0 Å². The van der Waals surface area contributed by atoms with Gasteiger partial charge in [0.15, 0.2) is 0 Å². The van der Waals surface area contributed by atoms with E-state index in [1.54, 1.807) is 0 Å². The molecule has 1 saturated heterocycles. The Morgan fingerprint density at radius 2 is 2.17 bits per heavy atom. The molecule has 2 heterocycles. The van der Waals surface area contributed by atoms with Crippen LogP contribution in [0.15, 0.2) is 12.4 Å². The summed E-state index contributed by atoms with van der Waals surface area (Å²) in [6.07, 6.45) is 10.6. The van der Waals surface area contributed by atoms with E-state index in [1.165, 1.54) is 32.1 Å². The Bertz CT molecular complexity index is 407. The zero-order chi connectivity index (χ0) is 12.4. The van der Waals surface area contributed by atoms with E-state index in [4.69, 9.17) is 4.98 Å². The lowest BCUT2D eigenvalue weighted by atomic mass is 9.92. The average molecular weight is 246 g/mol. The number of piperidine rings is 1. The van der Waals surface area contributed by atoms with Crippen molar-refractivity contribution in [1.82, 2.24) is 15.3 Å². The Hall–Kier alpha value is -1.16. The zero-order valence-corrected chi connectivity index (χ0v) is 11.1.